The molecule has 0 fully saturated rings. The summed E-state index contributed by atoms with van der Waals surface area (Å²) in [6.07, 6.45) is 10.0. The summed E-state index contributed by atoms with van der Waals surface area (Å²) in [6.45, 7) is 12.3. The van der Waals surface area contributed by atoms with E-state index in [1.165, 1.54) is 13.0 Å². The van der Waals surface area contributed by atoms with Crippen LogP contribution in [0.4, 0.5) is 0 Å². The molecule has 0 saturated heterocycles. The number of allylic oxidation sites excluding steroid dienone is 6. The second-order valence-electron chi connectivity index (χ2n) is 3.51. The van der Waals surface area contributed by atoms with Crippen LogP contribution in [0, 0.1) is 10.1 Å². The fraction of sp³-hybridized carbons (Fsp3) is 0.312. The summed E-state index contributed by atoms with van der Waals surface area (Å²) in [7, 11) is 0. The summed E-state index contributed by atoms with van der Waals surface area (Å²) >= 11 is 0. The predicted molar refractivity (Wildman–Crippen MR) is 88.2 cm³/mol. The Kier molecular flexibility index (Phi) is 13.2. The second-order valence-corrected chi connectivity index (χ2v) is 3.51. The van der Waals surface area contributed by atoms with Gasteiger partial charge in [0.2, 0.25) is 0 Å². The van der Waals surface area contributed by atoms with Crippen molar-refractivity contribution in [3.8, 4) is 0 Å². The Hall–Kier alpha value is -2.63. The Balaban J connectivity index is 0. The number of ether oxygens (including phenoxy) is 1. The molecule has 0 heterocycles. The summed E-state index contributed by atoms with van der Waals surface area (Å²) in [4.78, 5) is 21.5. The van der Waals surface area contributed by atoms with Gasteiger partial charge in [0.15, 0.2) is 5.76 Å². The fourth-order valence-electron chi connectivity index (χ4n) is 1.11. The van der Waals surface area contributed by atoms with Crippen LogP contribution in [-0.4, -0.2) is 10.8 Å². The van der Waals surface area contributed by atoms with Crippen molar-refractivity contribution in [2.45, 2.75) is 34.6 Å². The lowest BCUT2D eigenvalue weighted by Gasteiger charge is -2.08. The monoisotopic (exact) mass is 308 g/mol. The minimum atomic E-state index is -0.806. The maximum absolute atomic E-state index is 11.9. The molecule has 0 aliphatic rings. The zero-order valence-corrected chi connectivity index (χ0v) is 13.8. The lowest BCUT2D eigenvalue weighted by atomic mass is 10.3. The number of nitrogens with zero attached hydrogens (tertiary/aromatic N) is 1. The molecule has 6 heteroatoms. The first-order valence-corrected chi connectivity index (χ1v) is 6.90. The highest BCUT2D eigenvalue weighted by atomic mass is 16.7. The fourth-order valence-corrected chi connectivity index (χ4v) is 1.11. The van der Waals surface area contributed by atoms with Gasteiger partial charge in [-0.25, -0.2) is 0 Å². The molecule has 22 heavy (non-hydrogen) atoms. The SMILES string of the molecule is C=C(O/C(=C\C)C(=O)NC(/C=C\C)=C/C=C\C)[N+](=O)[O-].CC. The molecule has 0 aromatic rings. The standard InChI is InChI=1S/C14H18N2O4.C2H6/c1-5-8-10-12(9-6-2)15-14(17)13(7-3)20-11(4)16(18)19;1-2/h5-10H,4H2,1-3H3,(H,15,17);1-2H3/b8-5-,9-6-,12-10+,13-7-;. The van der Waals surface area contributed by atoms with Gasteiger partial charge in [-0.05, 0) is 39.0 Å². The molecule has 0 atom stereocenters. The van der Waals surface area contributed by atoms with Crippen LogP contribution in [0.2, 0.25) is 0 Å². The highest BCUT2D eigenvalue weighted by Crippen LogP contribution is 2.07. The number of hydrogen-bond donors (Lipinski definition) is 1. The number of nitrogens with one attached hydrogen (secondary N) is 1. The topological polar surface area (TPSA) is 81.5 Å². The van der Waals surface area contributed by atoms with E-state index in [9.17, 15) is 14.9 Å². The first-order valence-electron chi connectivity index (χ1n) is 6.90. The van der Waals surface area contributed by atoms with Crippen LogP contribution in [0.5, 0.6) is 0 Å². The van der Waals surface area contributed by atoms with E-state index in [0.717, 1.165) is 0 Å². The Morgan fingerprint density at radius 2 is 1.82 bits per heavy atom. The van der Waals surface area contributed by atoms with Crippen molar-refractivity contribution in [2.24, 2.45) is 0 Å². The normalized spacial score (nSPS) is 11.9. The van der Waals surface area contributed by atoms with Crippen molar-refractivity contribution < 1.29 is 14.5 Å². The van der Waals surface area contributed by atoms with Crippen LogP contribution in [0.25, 0.3) is 0 Å². The Morgan fingerprint density at radius 3 is 2.23 bits per heavy atom. The van der Waals surface area contributed by atoms with Gasteiger partial charge in [0, 0.05) is 12.3 Å². The molecular weight excluding hydrogens is 284 g/mol. The zero-order chi connectivity index (χ0) is 17.5. The minimum absolute atomic E-state index is 0.192. The van der Waals surface area contributed by atoms with Crippen molar-refractivity contribution in [1.29, 1.82) is 0 Å². The van der Waals surface area contributed by atoms with Crippen LogP contribution < -0.4 is 5.32 Å². The van der Waals surface area contributed by atoms with Crippen molar-refractivity contribution in [3.63, 3.8) is 0 Å². The number of carbonyl (C=O) groups excluding carboxylic acids is 1. The van der Waals surface area contributed by atoms with Gasteiger partial charge in [0.05, 0.1) is 0 Å². The first kappa shape index (κ1) is 21.7. The number of nitro groups is 1. The quantitative estimate of drug-likeness (QED) is 0.255. The van der Waals surface area contributed by atoms with E-state index in [1.807, 2.05) is 20.8 Å². The molecular formula is C16H24N2O4. The number of rotatable bonds is 7. The van der Waals surface area contributed by atoms with Gasteiger partial charge in [-0.1, -0.05) is 32.1 Å². The summed E-state index contributed by atoms with van der Waals surface area (Å²) in [5.41, 5.74) is 0.533. The van der Waals surface area contributed by atoms with E-state index >= 15 is 0 Å². The van der Waals surface area contributed by atoms with E-state index in [4.69, 9.17) is 4.74 Å². The Labute approximate surface area is 131 Å². The Bertz CT molecular complexity index is 500. The third kappa shape index (κ3) is 9.30. The zero-order valence-electron chi connectivity index (χ0n) is 13.8. The minimum Gasteiger partial charge on any atom is -0.396 e. The van der Waals surface area contributed by atoms with Crippen LogP contribution in [0.1, 0.15) is 34.6 Å². The third-order valence-electron chi connectivity index (χ3n) is 1.99. The summed E-state index contributed by atoms with van der Waals surface area (Å²) in [5, 5.41) is 13.0. The van der Waals surface area contributed by atoms with Crippen LogP contribution in [-0.2, 0) is 9.53 Å². The molecule has 0 aliphatic carbocycles. The molecule has 1 N–H and O–H groups in total. The second kappa shape index (κ2) is 13.4. The van der Waals surface area contributed by atoms with Crippen molar-refractivity contribution in [2.75, 3.05) is 0 Å². The Morgan fingerprint density at radius 1 is 1.23 bits per heavy atom. The van der Waals surface area contributed by atoms with E-state index in [1.54, 1.807) is 37.3 Å². The molecule has 0 bridgehead atoms. The van der Waals surface area contributed by atoms with Crippen LogP contribution in [0.15, 0.2) is 60.4 Å². The molecule has 0 aromatic heterocycles. The van der Waals surface area contributed by atoms with E-state index < -0.39 is 16.7 Å². The largest absolute Gasteiger partial charge is 0.426 e. The lowest BCUT2D eigenvalue weighted by Crippen LogP contribution is -2.25. The molecule has 122 valence electrons. The van der Waals surface area contributed by atoms with Crippen LogP contribution in [0.3, 0.4) is 0 Å². The molecule has 0 spiro atoms. The van der Waals surface area contributed by atoms with Crippen molar-refractivity contribution in [3.05, 3.63) is 70.5 Å². The van der Waals surface area contributed by atoms with Crippen molar-refractivity contribution >= 4 is 5.91 Å². The van der Waals surface area contributed by atoms with Gasteiger partial charge in [-0.15, -0.1) is 0 Å². The van der Waals surface area contributed by atoms with Gasteiger partial charge in [0.1, 0.15) is 4.92 Å². The summed E-state index contributed by atoms with van der Waals surface area (Å²) in [5.74, 6) is -1.50. The summed E-state index contributed by atoms with van der Waals surface area (Å²) in [6, 6.07) is 0. The number of hydrogen-bond acceptors (Lipinski definition) is 4. The third-order valence-corrected chi connectivity index (χ3v) is 1.99. The predicted octanol–water partition coefficient (Wildman–Crippen LogP) is 3.83. The molecule has 0 rings (SSSR count). The van der Waals surface area contributed by atoms with Crippen molar-refractivity contribution in [1.82, 2.24) is 5.32 Å². The first-order chi connectivity index (χ1) is 10.5. The average Bonchev–Trinajstić information content (AvgIpc) is 2.51. The van der Waals surface area contributed by atoms with Gasteiger partial charge in [-0.2, -0.15) is 0 Å². The van der Waals surface area contributed by atoms with E-state index in [-0.39, 0.29) is 5.76 Å². The van der Waals surface area contributed by atoms with E-state index in [0.29, 0.717) is 5.70 Å². The van der Waals surface area contributed by atoms with Gasteiger partial charge < -0.3 is 10.1 Å². The lowest BCUT2D eigenvalue weighted by molar-refractivity contribution is -0.458. The van der Waals surface area contributed by atoms with Gasteiger partial charge >= 0.3 is 5.88 Å². The van der Waals surface area contributed by atoms with E-state index in [2.05, 4.69) is 11.9 Å². The number of carbonyl (C=O) groups is 1. The molecule has 0 radical (unpaired) electrons. The molecule has 0 aliphatic heterocycles. The maximum atomic E-state index is 11.9. The molecule has 6 nitrogen and oxygen atoms in total. The smallest absolute Gasteiger partial charge is 0.396 e. The molecule has 1 amide bonds. The van der Waals surface area contributed by atoms with Gasteiger partial charge in [0.25, 0.3) is 5.91 Å². The highest BCUT2D eigenvalue weighted by Gasteiger charge is 2.17. The molecule has 0 saturated carbocycles. The maximum Gasteiger partial charge on any atom is 0.426 e. The number of amides is 1. The van der Waals surface area contributed by atoms with Gasteiger partial charge in [-0.3, -0.25) is 14.9 Å². The molecule has 0 unspecified atom stereocenters. The highest BCUT2D eigenvalue weighted by molar-refractivity contribution is 5.93. The molecule has 0 aromatic carbocycles. The average molecular weight is 308 g/mol. The van der Waals surface area contributed by atoms with Crippen LogP contribution >= 0.6 is 0 Å². The summed E-state index contributed by atoms with van der Waals surface area (Å²) < 4.78 is 4.79.